The molecule has 0 radical (unpaired) electrons. The number of carbonyl (C=O) groups is 1. The van der Waals surface area contributed by atoms with Crippen LogP contribution in [-0.2, 0) is 11.3 Å². The Balaban J connectivity index is 1.88. The molecule has 0 aliphatic carbocycles. The number of hydrogen-bond acceptors (Lipinski definition) is 3. The van der Waals surface area contributed by atoms with Gasteiger partial charge in [-0.15, -0.1) is 0 Å². The van der Waals surface area contributed by atoms with Crippen LogP contribution >= 0.6 is 0 Å². The maximum Gasteiger partial charge on any atom is 0.244 e. The highest BCUT2D eigenvalue weighted by Gasteiger charge is 2.30. The summed E-state index contributed by atoms with van der Waals surface area (Å²) in [6.07, 6.45) is 5.12. The smallest absolute Gasteiger partial charge is 0.244 e. The van der Waals surface area contributed by atoms with E-state index in [4.69, 9.17) is 5.73 Å². The molecule has 1 aromatic heterocycles. The first kappa shape index (κ1) is 12.9. The van der Waals surface area contributed by atoms with E-state index >= 15 is 0 Å². The molecular formula is C13H22N4O. The summed E-state index contributed by atoms with van der Waals surface area (Å²) in [4.78, 5) is 14.0. The van der Waals surface area contributed by atoms with Crippen LogP contribution in [-0.4, -0.2) is 33.7 Å². The van der Waals surface area contributed by atoms with Gasteiger partial charge in [0.2, 0.25) is 5.91 Å². The quantitative estimate of drug-likeness (QED) is 0.884. The molecule has 5 heteroatoms. The Morgan fingerprint density at radius 1 is 1.50 bits per heavy atom. The van der Waals surface area contributed by atoms with Crippen LogP contribution in [0.4, 0.5) is 5.82 Å². The van der Waals surface area contributed by atoms with Crippen LogP contribution in [0, 0.1) is 5.41 Å². The summed E-state index contributed by atoms with van der Waals surface area (Å²) in [5, 5.41) is 4.04. The van der Waals surface area contributed by atoms with Crippen molar-refractivity contribution in [3.63, 3.8) is 0 Å². The number of aromatic nitrogens is 2. The van der Waals surface area contributed by atoms with Gasteiger partial charge < -0.3 is 10.6 Å². The number of amides is 1. The Hall–Kier alpha value is -1.52. The first-order valence-electron chi connectivity index (χ1n) is 6.59. The largest absolute Gasteiger partial charge is 0.382 e. The molecule has 2 heterocycles. The molecule has 0 bridgehead atoms. The van der Waals surface area contributed by atoms with Gasteiger partial charge in [0.1, 0.15) is 12.4 Å². The van der Waals surface area contributed by atoms with E-state index in [1.165, 1.54) is 6.42 Å². The van der Waals surface area contributed by atoms with E-state index in [1.807, 2.05) is 4.90 Å². The molecule has 0 saturated carbocycles. The number of nitrogens with zero attached hydrogens (tertiary/aromatic N) is 3. The monoisotopic (exact) mass is 250 g/mol. The van der Waals surface area contributed by atoms with Crippen LogP contribution in [0.3, 0.4) is 0 Å². The van der Waals surface area contributed by atoms with Gasteiger partial charge in [-0.2, -0.15) is 5.10 Å². The first-order valence-corrected chi connectivity index (χ1v) is 6.59. The Labute approximate surface area is 108 Å². The number of anilines is 1. The summed E-state index contributed by atoms with van der Waals surface area (Å²) in [7, 11) is 0. The van der Waals surface area contributed by atoms with E-state index in [1.54, 1.807) is 16.9 Å². The van der Waals surface area contributed by atoms with Gasteiger partial charge in [0.25, 0.3) is 0 Å². The van der Waals surface area contributed by atoms with Crippen molar-refractivity contribution in [1.82, 2.24) is 14.7 Å². The van der Waals surface area contributed by atoms with Crippen LogP contribution in [0.1, 0.15) is 33.1 Å². The highest BCUT2D eigenvalue weighted by atomic mass is 16.2. The number of likely N-dealkylation sites (tertiary alicyclic amines) is 1. The number of hydrogen-bond donors (Lipinski definition) is 1. The summed E-state index contributed by atoms with van der Waals surface area (Å²) in [6.45, 7) is 6.55. The average molecular weight is 250 g/mol. The fourth-order valence-corrected chi connectivity index (χ4v) is 2.35. The van der Waals surface area contributed by atoms with Crippen molar-refractivity contribution >= 4 is 11.7 Å². The van der Waals surface area contributed by atoms with Gasteiger partial charge in [-0.25, -0.2) is 0 Å². The highest BCUT2D eigenvalue weighted by Crippen LogP contribution is 2.33. The van der Waals surface area contributed by atoms with E-state index in [0.717, 1.165) is 25.9 Å². The predicted octanol–water partition coefficient (Wildman–Crippen LogP) is 1.50. The third-order valence-corrected chi connectivity index (χ3v) is 4.14. The lowest BCUT2D eigenvalue weighted by Crippen LogP contribution is -2.43. The zero-order valence-corrected chi connectivity index (χ0v) is 11.2. The molecule has 1 aliphatic heterocycles. The second-order valence-electron chi connectivity index (χ2n) is 5.48. The lowest BCUT2D eigenvalue weighted by Gasteiger charge is -2.38. The highest BCUT2D eigenvalue weighted by molar-refractivity contribution is 5.76. The third kappa shape index (κ3) is 2.83. The van der Waals surface area contributed by atoms with Crippen molar-refractivity contribution in [1.29, 1.82) is 0 Å². The molecule has 1 fully saturated rings. The Kier molecular flexibility index (Phi) is 3.59. The number of nitrogens with two attached hydrogens (primary N) is 1. The van der Waals surface area contributed by atoms with Crippen molar-refractivity contribution in [2.45, 2.75) is 39.7 Å². The van der Waals surface area contributed by atoms with Crippen LogP contribution in [0.25, 0.3) is 0 Å². The molecule has 2 rings (SSSR count). The van der Waals surface area contributed by atoms with Gasteiger partial charge in [-0.05, 0) is 24.3 Å². The van der Waals surface area contributed by atoms with Gasteiger partial charge in [0.05, 0.1) is 0 Å². The standard InChI is InChI=1S/C13H22N4O/c1-3-13(2)5-8-16(9-6-13)12(18)10-17-7-4-11(14)15-17/h4,7H,3,5-6,8-10H2,1-2H3,(H2,14,15). The SMILES string of the molecule is CCC1(C)CCN(C(=O)Cn2ccc(N)n2)CC1. The van der Waals surface area contributed by atoms with Crippen LogP contribution in [0.5, 0.6) is 0 Å². The number of nitrogen functional groups attached to an aromatic ring is 1. The molecule has 2 N–H and O–H groups in total. The van der Waals surface area contributed by atoms with E-state index < -0.39 is 0 Å². The summed E-state index contributed by atoms with van der Waals surface area (Å²) in [5.41, 5.74) is 5.94. The average Bonchev–Trinajstić information content (AvgIpc) is 2.75. The Morgan fingerprint density at radius 3 is 2.67 bits per heavy atom. The molecule has 1 amide bonds. The van der Waals surface area contributed by atoms with Gasteiger partial charge in [0, 0.05) is 19.3 Å². The second-order valence-corrected chi connectivity index (χ2v) is 5.48. The molecule has 1 aromatic rings. The minimum atomic E-state index is 0.135. The number of piperidine rings is 1. The van der Waals surface area contributed by atoms with E-state index in [-0.39, 0.29) is 5.91 Å². The molecule has 1 saturated heterocycles. The fourth-order valence-electron chi connectivity index (χ4n) is 2.35. The molecule has 1 aliphatic rings. The molecule has 0 spiro atoms. The maximum absolute atomic E-state index is 12.1. The van der Waals surface area contributed by atoms with Gasteiger partial charge in [0.15, 0.2) is 0 Å². The van der Waals surface area contributed by atoms with Crippen molar-refractivity contribution in [2.24, 2.45) is 5.41 Å². The van der Waals surface area contributed by atoms with E-state index in [9.17, 15) is 4.79 Å². The second kappa shape index (κ2) is 5.00. The fraction of sp³-hybridized carbons (Fsp3) is 0.692. The summed E-state index contributed by atoms with van der Waals surface area (Å²) < 4.78 is 1.60. The van der Waals surface area contributed by atoms with E-state index in [0.29, 0.717) is 17.8 Å². The van der Waals surface area contributed by atoms with Crippen LogP contribution in [0.15, 0.2) is 12.3 Å². The van der Waals surface area contributed by atoms with Crippen LogP contribution in [0.2, 0.25) is 0 Å². The van der Waals surface area contributed by atoms with Crippen molar-refractivity contribution in [3.05, 3.63) is 12.3 Å². The van der Waals surface area contributed by atoms with Crippen molar-refractivity contribution in [3.8, 4) is 0 Å². The molecule has 18 heavy (non-hydrogen) atoms. The number of rotatable bonds is 3. The van der Waals surface area contributed by atoms with E-state index in [2.05, 4.69) is 18.9 Å². The topological polar surface area (TPSA) is 64.2 Å². The van der Waals surface area contributed by atoms with Gasteiger partial charge in [-0.3, -0.25) is 9.48 Å². The van der Waals surface area contributed by atoms with Crippen molar-refractivity contribution < 1.29 is 4.79 Å². The molecule has 0 atom stereocenters. The Morgan fingerprint density at radius 2 is 2.17 bits per heavy atom. The Bertz CT molecular complexity index is 418. The number of carbonyl (C=O) groups excluding carboxylic acids is 1. The molecule has 0 aromatic carbocycles. The minimum absolute atomic E-state index is 0.135. The molecule has 100 valence electrons. The zero-order chi connectivity index (χ0) is 13.2. The molecular weight excluding hydrogens is 228 g/mol. The normalized spacial score (nSPS) is 18.9. The summed E-state index contributed by atoms with van der Waals surface area (Å²) in [5.74, 6) is 0.594. The first-order chi connectivity index (χ1) is 8.52. The lowest BCUT2D eigenvalue weighted by molar-refractivity contribution is -0.134. The zero-order valence-electron chi connectivity index (χ0n) is 11.2. The van der Waals surface area contributed by atoms with Crippen molar-refractivity contribution in [2.75, 3.05) is 18.8 Å². The van der Waals surface area contributed by atoms with Crippen LogP contribution < -0.4 is 5.73 Å². The third-order valence-electron chi connectivity index (χ3n) is 4.14. The summed E-state index contributed by atoms with van der Waals surface area (Å²) >= 11 is 0. The predicted molar refractivity (Wildman–Crippen MR) is 70.9 cm³/mol. The summed E-state index contributed by atoms with van der Waals surface area (Å²) in [6, 6.07) is 1.71. The van der Waals surface area contributed by atoms with Gasteiger partial charge in [-0.1, -0.05) is 20.3 Å². The maximum atomic E-state index is 12.1. The molecule has 5 nitrogen and oxygen atoms in total. The lowest BCUT2D eigenvalue weighted by atomic mass is 9.78. The van der Waals surface area contributed by atoms with Gasteiger partial charge >= 0.3 is 0 Å². The minimum Gasteiger partial charge on any atom is -0.382 e. The molecule has 0 unspecified atom stereocenters.